The van der Waals surface area contributed by atoms with Gasteiger partial charge in [0.2, 0.25) is 0 Å². The SMILES string of the molecule is NNC(CCc1ccccc1)C1CCOc2ccccc21. The summed E-state index contributed by atoms with van der Waals surface area (Å²) in [7, 11) is 0. The summed E-state index contributed by atoms with van der Waals surface area (Å²) in [5.74, 6) is 7.26. The Bertz CT molecular complexity index is 570. The molecule has 0 spiro atoms. The molecule has 3 rings (SSSR count). The van der Waals surface area contributed by atoms with Crippen LogP contribution < -0.4 is 16.0 Å². The van der Waals surface area contributed by atoms with E-state index < -0.39 is 0 Å². The third kappa shape index (κ3) is 3.26. The van der Waals surface area contributed by atoms with Crippen LogP contribution in [0.5, 0.6) is 5.75 Å². The van der Waals surface area contributed by atoms with E-state index in [1.54, 1.807) is 0 Å². The summed E-state index contributed by atoms with van der Waals surface area (Å²) in [5.41, 5.74) is 5.66. The number of rotatable bonds is 5. The lowest BCUT2D eigenvalue weighted by atomic mass is 9.84. The number of hydrazine groups is 1. The minimum atomic E-state index is 0.273. The van der Waals surface area contributed by atoms with Gasteiger partial charge in [0.25, 0.3) is 0 Å². The molecule has 3 N–H and O–H groups in total. The molecule has 2 unspecified atom stereocenters. The second-order valence-electron chi connectivity index (χ2n) is 5.58. The van der Waals surface area contributed by atoms with E-state index >= 15 is 0 Å². The number of fused-ring (bicyclic) bond motifs is 1. The van der Waals surface area contributed by atoms with Crippen molar-refractivity contribution in [2.45, 2.75) is 31.2 Å². The summed E-state index contributed by atoms with van der Waals surface area (Å²) in [5, 5.41) is 0. The number of nitrogens with one attached hydrogen (secondary N) is 1. The zero-order valence-electron chi connectivity index (χ0n) is 12.2. The fourth-order valence-corrected chi connectivity index (χ4v) is 3.16. The summed E-state index contributed by atoms with van der Waals surface area (Å²) < 4.78 is 5.74. The van der Waals surface area contributed by atoms with Crippen molar-refractivity contribution < 1.29 is 4.74 Å². The Morgan fingerprint density at radius 3 is 2.67 bits per heavy atom. The number of para-hydroxylation sites is 1. The molecule has 0 radical (unpaired) electrons. The molecule has 0 amide bonds. The van der Waals surface area contributed by atoms with E-state index in [0.717, 1.165) is 31.6 Å². The molecular formula is C18H22N2O. The minimum absolute atomic E-state index is 0.273. The first-order valence-corrected chi connectivity index (χ1v) is 7.60. The Labute approximate surface area is 126 Å². The Hall–Kier alpha value is -1.84. The predicted octanol–water partition coefficient (Wildman–Crippen LogP) is 3.02. The molecule has 0 saturated carbocycles. The second kappa shape index (κ2) is 6.74. The van der Waals surface area contributed by atoms with Crippen molar-refractivity contribution in [1.82, 2.24) is 5.43 Å². The van der Waals surface area contributed by atoms with Crippen molar-refractivity contribution in [3.05, 3.63) is 65.7 Å². The first-order chi connectivity index (χ1) is 10.4. The summed E-state index contributed by atoms with van der Waals surface area (Å²) in [6.45, 7) is 0.769. The van der Waals surface area contributed by atoms with Gasteiger partial charge in [0.1, 0.15) is 5.75 Å². The van der Waals surface area contributed by atoms with Crippen LogP contribution in [0.15, 0.2) is 54.6 Å². The van der Waals surface area contributed by atoms with E-state index in [-0.39, 0.29) is 6.04 Å². The maximum atomic E-state index is 5.83. The van der Waals surface area contributed by atoms with E-state index in [1.165, 1.54) is 11.1 Å². The van der Waals surface area contributed by atoms with Crippen LogP contribution >= 0.6 is 0 Å². The Balaban J connectivity index is 1.72. The topological polar surface area (TPSA) is 47.3 Å². The van der Waals surface area contributed by atoms with Gasteiger partial charge in [0.05, 0.1) is 6.61 Å². The van der Waals surface area contributed by atoms with Gasteiger partial charge in [-0.05, 0) is 36.5 Å². The van der Waals surface area contributed by atoms with Crippen LogP contribution in [0, 0.1) is 0 Å². The number of aryl methyl sites for hydroxylation is 1. The first kappa shape index (κ1) is 14.1. The quantitative estimate of drug-likeness (QED) is 0.654. The lowest BCUT2D eigenvalue weighted by Crippen LogP contribution is -2.41. The minimum Gasteiger partial charge on any atom is -0.493 e. The van der Waals surface area contributed by atoms with Crippen LogP contribution in [0.1, 0.15) is 29.9 Å². The average Bonchev–Trinajstić information content (AvgIpc) is 2.56. The number of hydrogen-bond donors (Lipinski definition) is 2. The Kier molecular flexibility index (Phi) is 4.53. The van der Waals surface area contributed by atoms with Gasteiger partial charge >= 0.3 is 0 Å². The van der Waals surface area contributed by atoms with Gasteiger partial charge in [0, 0.05) is 12.0 Å². The largest absolute Gasteiger partial charge is 0.493 e. The van der Waals surface area contributed by atoms with Crippen LogP contribution in [-0.4, -0.2) is 12.6 Å². The highest BCUT2D eigenvalue weighted by molar-refractivity contribution is 5.38. The number of ether oxygens (including phenoxy) is 1. The first-order valence-electron chi connectivity index (χ1n) is 7.60. The van der Waals surface area contributed by atoms with Crippen LogP contribution in [0.4, 0.5) is 0 Å². The van der Waals surface area contributed by atoms with Crippen LogP contribution in [0.3, 0.4) is 0 Å². The van der Waals surface area contributed by atoms with Crippen molar-refractivity contribution >= 4 is 0 Å². The molecule has 0 aromatic heterocycles. The molecule has 3 heteroatoms. The van der Waals surface area contributed by atoms with E-state index in [4.69, 9.17) is 10.6 Å². The number of nitrogens with two attached hydrogens (primary N) is 1. The lowest BCUT2D eigenvalue weighted by molar-refractivity contribution is 0.242. The molecule has 0 saturated heterocycles. The lowest BCUT2D eigenvalue weighted by Gasteiger charge is -2.32. The van der Waals surface area contributed by atoms with Gasteiger partial charge in [-0.15, -0.1) is 0 Å². The summed E-state index contributed by atoms with van der Waals surface area (Å²) in [6, 6.07) is 19.1. The van der Waals surface area contributed by atoms with Crippen molar-refractivity contribution in [2.75, 3.05) is 6.61 Å². The van der Waals surface area contributed by atoms with Crippen molar-refractivity contribution in [3.63, 3.8) is 0 Å². The Morgan fingerprint density at radius 2 is 1.86 bits per heavy atom. The highest BCUT2D eigenvalue weighted by Gasteiger charge is 2.27. The van der Waals surface area contributed by atoms with E-state index in [1.807, 2.05) is 12.1 Å². The normalized spacial score (nSPS) is 18.6. The number of hydrogen-bond acceptors (Lipinski definition) is 3. The molecular weight excluding hydrogens is 260 g/mol. The third-order valence-corrected chi connectivity index (χ3v) is 4.29. The maximum Gasteiger partial charge on any atom is 0.122 e. The molecule has 1 aliphatic heterocycles. The molecule has 3 nitrogen and oxygen atoms in total. The van der Waals surface area contributed by atoms with Gasteiger partial charge in [0.15, 0.2) is 0 Å². The highest BCUT2D eigenvalue weighted by atomic mass is 16.5. The molecule has 0 bridgehead atoms. The second-order valence-corrected chi connectivity index (χ2v) is 5.58. The van der Waals surface area contributed by atoms with Crippen molar-refractivity contribution in [2.24, 2.45) is 5.84 Å². The molecule has 0 aliphatic carbocycles. The average molecular weight is 282 g/mol. The van der Waals surface area contributed by atoms with Gasteiger partial charge in [-0.1, -0.05) is 48.5 Å². The summed E-state index contributed by atoms with van der Waals surface area (Å²) in [6.07, 6.45) is 3.08. The van der Waals surface area contributed by atoms with Crippen molar-refractivity contribution in [3.8, 4) is 5.75 Å². The van der Waals surface area contributed by atoms with Crippen LogP contribution in [0.25, 0.3) is 0 Å². The molecule has 2 aromatic carbocycles. The van der Waals surface area contributed by atoms with Crippen LogP contribution in [0.2, 0.25) is 0 Å². The van der Waals surface area contributed by atoms with Crippen LogP contribution in [-0.2, 0) is 6.42 Å². The summed E-state index contributed by atoms with van der Waals surface area (Å²) in [4.78, 5) is 0. The maximum absolute atomic E-state index is 5.83. The standard InChI is InChI=1S/C18H22N2O/c19-20-17(11-10-14-6-2-1-3-7-14)15-12-13-21-18-9-5-4-8-16(15)18/h1-9,15,17,20H,10-13,19H2. The molecule has 21 heavy (non-hydrogen) atoms. The number of benzene rings is 2. The monoisotopic (exact) mass is 282 g/mol. The molecule has 1 aliphatic rings. The fraction of sp³-hybridized carbons (Fsp3) is 0.333. The van der Waals surface area contributed by atoms with Gasteiger partial charge in [-0.3, -0.25) is 11.3 Å². The van der Waals surface area contributed by atoms with Crippen molar-refractivity contribution in [1.29, 1.82) is 0 Å². The van der Waals surface area contributed by atoms with E-state index in [0.29, 0.717) is 5.92 Å². The zero-order valence-corrected chi connectivity index (χ0v) is 12.2. The van der Waals surface area contributed by atoms with Gasteiger partial charge < -0.3 is 4.74 Å². The highest BCUT2D eigenvalue weighted by Crippen LogP contribution is 2.36. The Morgan fingerprint density at radius 1 is 1.10 bits per heavy atom. The molecule has 1 heterocycles. The van der Waals surface area contributed by atoms with Gasteiger partial charge in [-0.2, -0.15) is 0 Å². The van der Waals surface area contributed by atoms with E-state index in [9.17, 15) is 0 Å². The fourth-order valence-electron chi connectivity index (χ4n) is 3.16. The smallest absolute Gasteiger partial charge is 0.122 e. The molecule has 110 valence electrons. The third-order valence-electron chi connectivity index (χ3n) is 4.29. The van der Waals surface area contributed by atoms with Gasteiger partial charge in [-0.25, -0.2) is 0 Å². The summed E-state index contributed by atoms with van der Waals surface area (Å²) >= 11 is 0. The predicted molar refractivity (Wildman–Crippen MR) is 85.2 cm³/mol. The molecule has 0 fully saturated rings. The molecule has 2 atom stereocenters. The molecule has 2 aromatic rings. The zero-order chi connectivity index (χ0) is 14.5. The van der Waals surface area contributed by atoms with E-state index in [2.05, 4.69) is 47.9 Å².